The molecule has 5 rings (SSSR count). The van der Waals surface area contributed by atoms with Crippen molar-refractivity contribution in [2.24, 2.45) is 0 Å². The molecule has 44 heavy (non-hydrogen) atoms. The van der Waals surface area contributed by atoms with E-state index in [-0.39, 0.29) is 12.3 Å². The number of hydrogen-bond donors (Lipinski definition) is 1. The number of carbonyl (C=O) groups excluding carboxylic acids is 4. The largest absolute Gasteiger partial charge is 0.451 e. The second-order valence-corrected chi connectivity index (χ2v) is 13.2. The van der Waals surface area contributed by atoms with Crippen LogP contribution in [-0.4, -0.2) is 68.0 Å². The number of thioether (sulfide) groups is 1. The zero-order chi connectivity index (χ0) is 31.9. The van der Waals surface area contributed by atoms with Crippen molar-refractivity contribution < 1.29 is 28.7 Å². The molecule has 3 atom stereocenters. The van der Waals surface area contributed by atoms with Crippen LogP contribution >= 0.6 is 23.4 Å². The number of nitrogens with zero attached hydrogens (tertiary/aromatic N) is 2. The number of β-lactam (4-membered cyclic amide) rings is 1. The van der Waals surface area contributed by atoms with Gasteiger partial charge < -0.3 is 14.4 Å². The van der Waals surface area contributed by atoms with E-state index in [1.807, 2.05) is 97.1 Å². The molecule has 3 amide bonds. The molecule has 0 aliphatic carbocycles. The molecule has 2 unspecified atom stereocenters. The lowest BCUT2D eigenvalue weighted by atomic mass is 10.00. The third-order valence-corrected chi connectivity index (χ3v) is 8.79. The van der Waals surface area contributed by atoms with Crippen LogP contribution in [-0.2, 0) is 23.9 Å². The van der Waals surface area contributed by atoms with Gasteiger partial charge in [0.1, 0.15) is 11.0 Å². The Morgan fingerprint density at radius 2 is 1.41 bits per heavy atom. The van der Waals surface area contributed by atoms with Crippen molar-refractivity contribution in [3.05, 3.63) is 108 Å². The number of halogens is 1. The van der Waals surface area contributed by atoms with Gasteiger partial charge in [0.05, 0.1) is 6.54 Å². The van der Waals surface area contributed by atoms with E-state index in [2.05, 4.69) is 5.43 Å². The smallest absolute Gasteiger partial charge is 0.426 e. The lowest BCUT2D eigenvalue weighted by Gasteiger charge is -2.54. The van der Waals surface area contributed by atoms with Gasteiger partial charge in [-0.1, -0.05) is 97.1 Å². The van der Waals surface area contributed by atoms with E-state index in [9.17, 15) is 19.2 Å². The van der Waals surface area contributed by atoms with Gasteiger partial charge in [0.2, 0.25) is 5.91 Å². The van der Waals surface area contributed by atoms with Gasteiger partial charge >= 0.3 is 12.1 Å². The van der Waals surface area contributed by atoms with Crippen LogP contribution in [0.2, 0.25) is 0 Å². The van der Waals surface area contributed by atoms with Crippen LogP contribution in [0.5, 0.6) is 0 Å². The van der Waals surface area contributed by atoms with Gasteiger partial charge in [-0.25, -0.2) is 15.2 Å². The summed E-state index contributed by atoms with van der Waals surface area (Å²) in [4.78, 5) is 51.0. The Labute approximate surface area is 266 Å². The van der Waals surface area contributed by atoms with Crippen LogP contribution in [0.3, 0.4) is 0 Å². The highest BCUT2D eigenvalue weighted by Gasteiger charge is 2.60. The van der Waals surface area contributed by atoms with E-state index in [0.29, 0.717) is 0 Å². The number of alkyl halides is 1. The quantitative estimate of drug-likeness (QED) is 0.169. The number of rotatable bonds is 5. The molecule has 0 spiro atoms. The molecule has 2 saturated heterocycles. The van der Waals surface area contributed by atoms with E-state index in [1.165, 1.54) is 23.6 Å². The van der Waals surface area contributed by atoms with Crippen LogP contribution in [0, 0.1) is 0 Å². The van der Waals surface area contributed by atoms with Crippen molar-refractivity contribution in [1.29, 1.82) is 0 Å². The molecule has 1 N–H and O–H groups in total. The van der Waals surface area contributed by atoms with E-state index < -0.39 is 51.9 Å². The third-order valence-electron chi connectivity index (χ3n) is 6.71. The number of ether oxygens (including phenoxy) is 2. The second kappa shape index (κ2) is 14.2. The Bertz CT molecular complexity index is 1370. The Hall–Kier alpha value is -4.02. The summed E-state index contributed by atoms with van der Waals surface area (Å²) < 4.78 is 11.2. The fourth-order valence-corrected chi connectivity index (χ4v) is 6.46. The third kappa shape index (κ3) is 8.12. The summed E-state index contributed by atoms with van der Waals surface area (Å²) in [6.07, 6.45) is -1.52. The molecule has 2 fully saturated rings. The van der Waals surface area contributed by atoms with Crippen LogP contribution in [0.25, 0.3) is 0 Å². The van der Waals surface area contributed by atoms with Gasteiger partial charge in [-0.05, 0) is 31.9 Å². The van der Waals surface area contributed by atoms with Crippen molar-refractivity contribution in [3.63, 3.8) is 0 Å². The number of fused-ring (bicyclic) bond motifs is 1. The van der Waals surface area contributed by atoms with E-state index in [1.54, 1.807) is 20.8 Å². The van der Waals surface area contributed by atoms with Crippen molar-refractivity contribution in [2.45, 2.75) is 55.7 Å². The summed E-state index contributed by atoms with van der Waals surface area (Å²) in [6, 6.07) is 29.7. The standard InChI is InChI=1S/C27H30ClN3O6S.C6H6/c1-17(32)31(29-25(35)37-26(2,3)4)20-22(33)30-15-27(28,16-38-23(20)30)24(34)36-21(18-11-7-5-8-12-18)19-13-9-6-10-14-19;1-2-4-6-5-3-1/h5-14,20-21,23H,15-16H2,1-4H3,(H,29,35);1-6H/t20?,23-,27?;/m1./s1. The lowest BCUT2D eigenvalue weighted by molar-refractivity contribution is -0.165. The number of carbonyl (C=O) groups is 4. The van der Waals surface area contributed by atoms with Crippen molar-refractivity contribution in [1.82, 2.24) is 15.3 Å². The molecule has 2 aliphatic heterocycles. The Kier molecular flexibility index (Phi) is 10.6. The molecule has 2 heterocycles. The Morgan fingerprint density at radius 1 is 0.932 bits per heavy atom. The summed E-state index contributed by atoms with van der Waals surface area (Å²) in [5, 5.41) is 0.491. The topological polar surface area (TPSA) is 105 Å². The molecule has 232 valence electrons. The fraction of sp³-hybridized carbons (Fsp3) is 0.333. The predicted molar refractivity (Wildman–Crippen MR) is 169 cm³/mol. The highest BCUT2D eigenvalue weighted by Crippen LogP contribution is 2.44. The normalized spacial score (nSPS) is 20.7. The van der Waals surface area contributed by atoms with Gasteiger partial charge in [-0.15, -0.1) is 23.4 Å². The molecule has 9 nitrogen and oxygen atoms in total. The summed E-state index contributed by atoms with van der Waals surface area (Å²) in [7, 11) is 0. The zero-order valence-electron chi connectivity index (χ0n) is 25.0. The molecule has 3 aromatic rings. The summed E-state index contributed by atoms with van der Waals surface area (Å²) >= 11 is 8.04. The molecule has 0 aromatic heterocycles. The molecule has 11 heteroatoms. The van der Waals surface area contributed by atoms with E-state index in [0.717, 1.165) is 16.1 Å². The van der Waals surface area contributed by atoms with Crippen molar-refractivity contribution in [2.75, 3.05) is 12.3 Å². The number of esters is 1. The van der Waals surface area contributed by atoms with Gasteiger partial charge in [-0.3, -0.25) is 14.4 Å². The Balaban J connectivity index is 0.000000657. The average Bonchev–Trinajstić information content (AvgIpc) is 3.01. The molecule has 0 radical (unpaired) electrons. The van der Waals surface area contributed by atoms with Gasteiger partial charge in [0, 0.05) is 12.7 Å². The van der Waals surface area contributed by atoms with Crippen molar-refractivity contribution >= 4 is 47.2 Å². The average molecular weight is 638 g/mol. The lowest BCUT2D eigenvalue weighted by Crippen LogP contribution is -2.76. The SMILES string of the molecule is CC(=O)N(NC(=O)OC(C)(C)C)C1C(=O)N2CC(Cl)(C(=O)OC(c3ccccc3)c3ccccc3)CS[C@H]12.c1ccccc1. The van der Waals surface area contributed by atoms with Gasteiger partial charge in [-0.2, -0.15) is 0 Å². The molecular formula is C33H36ClN3O6S. The van der Waals surface area contributed by atoms with Crippen LogP contribution in [0.4, 0.5) is 4.79 Å². The first kappa shape index (κ1) is 32.9. The van der Waals surface area contributed by atoms with Crippen LogP contribution in [0.1, 0.15) is 44.9 Å². The summed E-state index contributed by atoms with van der Waals surface area (Å²) in [6.45, 7) is 6.23. The predicted octanol–water partition coefficient (Wildman–Crippen LogP) is 5.56. The first-order valence-electron chi connectivity index (χ1n) is 14.1. The number of nitrogens with one attached hydrogen (secondary N) is 1. The highest BCUT2D eigenvalue weighted by atomic mass is 35.5. The molecular weight excluding hydrogens is 602 g/mol. The fourth-order valence-electron chi connectivity index (χ4n) is 4.67. The highest BCUT2D eigenvalue weighted by molar-refractivity contribution is 8.00. The zero-order valence-corrected chi connectivity index (χ0v) is 26.6. The number of hydrogen-bond acceptors (Lipinski definition) is 7. The minimum atomic E-state index is -1.48. The monoisotopic (exact) mass is 637 g/mol. The van der Waals surface area contributed by atoms with E-state index in [4.69, 9.17) is 21.1 Å². The number of hydrazine groups is 1. The molecule has 0 bridgehead atoms. The molecule has 0 saturated carbocycles. The first-order valence-corrected chi connectivity index (χ1v) is 15.5. The van der Waals surface area contributed by atoms with Gasteiger partial charge in [0.15, 0.2) is 17.0 Å². The Morgan fingerprint density at radius 3 is 1.86 bits per heavy atom. The molecule has 2 aliphatic rings. The minimum absolute atomic E-state index is 0.0884. The maximum Gasteiger partial charge on any atom is 0.426 e. The first-order chi connectivity index (χ1) is 20.9. The van der Waals surface area contributed by atoms with Crippen LogP contribution < -0.4 is 5.43 Å². The summed E-state index contributed by atoms with van der Waals surface area (Å²) in [5.41, 5.74) is 3.18. The second-order valence-electron chi connectivity index (χ2n) is 11.3. The molecule has 3 aromatic carbocycles. The van der Waals surface area contributed by atoms with Gasteiger partial charge in [0.25, 0.3) is 5.91 Å². The maximum absolute atomic E-state index is 13.4. The van der Waals surface area contributed by atoms with Crippen molar-refractivity contribution in [3.8, 4) is 0 Å². The summed E-state index contributed by atoms with van der Waals surface area (Å²) in [5.74, 6) is -1.46. The number of benzene rings is 3. The van der Waals surface area contributed by atoms with E-state index >= 15 is 0 Å². The van der Waals surface area contributed by atoms with Crippen LogP contribution in [0.15, 0.2) is 97.1 Å². The minimum Gasteiger partial charge on any atom is -0.451 e. The number of amides is 3. The maximum atomic E-state index is 13.4.